The van der Waals surface area contributed by atoms with Gasteiger partial charge in [-0.2, -0.15) is 0 Å². The van der Waals surface area contributed by atoms with Crippen LogP contribution in [0.2, 0.25) is 0 Å². The van der Waals surface area contributed by atoms with Gasteiger partial charge in [0.2, 0.25) is 0 Å². The van der Waals surface area contributed by atoms with Crippen molar-refractivity contribution in [3.63, 3.8) is 0 Å². The molecule has 1 N–H and O–H groups in total. The highest BCUT2D eigenvalue weighted by atomic mass is 14.9. The summed E-state index contributed by atoms with van der Waals surface area (Å²) in [4.78, 5) is 12.1. The van der Waals surface area contributed by atoms with Crippen LogP contribution in [0.3, 0.4) is 0 Å². The Kier molecular flexibility index (Phi) is 1.93. The van der Waals surface area contributed by atoms with Gasteiger partial charge in [0.25, 0.3) is 0 Å². The molecule has 3 heterocycles. The number of hydrogen-bond donors (Lipinski definition) is 1. The van der Waals surface area contributed by atoms with E-state index in [4.69, 9.17) is 0 Å². The molecule has 3 nitrogen and oxygen atoms in total. The van der Waals surface area contributed by atoms with Crippen LogP contribution in [0.15, 0.2) is 30.6 Å². The van der Waals surface area contributed by atoms with Crippen molar-refractivity contribution >= 4 is 21.9 Å². The van der Waals surface area contributed by atoms with Gasteiger partial charge in [0, 0.05) is 28.9 Å². The molecule has 0 spiro atoms. The lowest BCUT2D eigenvalue weighted by molar-refractivity contribution is 0.828. The normalized spacial score (nSPS) is 11.7. The molecule has 0 saturated heterocycles. The number of hydrogen-bond acceptors (Lipinski definition) is 2. The van der Waals surface area contributed by atoms with Crippen molar-refractivity contribution in [2.45, 2.75) is 19.8 Å². The predicted octanol–water partition coefficient (Wildman–Crippen LogP) is 3.23. The van der Waals surface area contributed by atoms with E-state index in [0.29, 0.717) is 5.92 Å². The number of aromatic amines is 1. The molecule has 0 aliphatic carbocycles. The van der Waals surface area contributed by atoms with E-state index in [1.54, 1.807) is 6.20 Å². The molecule has 0 bridgehead atoms. The maximum absolute atomic E-state index is 4.63. The quantitative estimate of drug-likeness (QED) is 0.671. The zero-order chi connectivity index (χ0) is 11.1. The molecule has 0 aromatic carbocycles. The minimum absolute atomic E-state index is 0.453. The lowest BCUT2D eigenvalue weighted by atomic mass is 10.1. The summed E-state index contributed by atoms with van der Waals surface area (Å²) >= 11 is 0. The molecular weight excluding hydrogens is 198 g/mol. The van der Waals surface area contributed by atoms with E-state index in [0.717, 1.165) is 27.6 Å². The zero-order valence-electron chi connectivity index (χ0n) is 9.36. The fraction of sp³-hybridized carbons (Fsp3) is 0.231. The Morgan fingerprint density at radius 1 is 1.12 bits per heavy atom. The summed E-state index contributed by atoms with van der Waals surface area (Å²) < 4.78 is 0. The van der Waals surface area contributed by atoms with E-state index < -0.39 is 0 Å². The first-order chi connectivity index (χ1) is 7.75. The molecule has 3 rings (SSSR count). The molecule has 0 aliphatic rings. The molecule has 0 unspecified atom stereocenters. The number of rotatable bonds is 1. The molecule has 0 radical (unpaired) electrons. The Morgan fingerprint density at radius 2 is 2.00 bits per heavy atom. The Bertz CT molecular complexity index is 652. The molecule has 80 valence electrons. The van der Waals surface area contributed by atoms with Gasteiger partial charge >= 0.3 is 0 Å². The Balaban J connectivity index is 2.37. The summed E-state index contributed by atoms with van der Waals surface area (Å²) in [7, 11) is 0. The van der Waals surface area contributed by atoms with Gasteiger partial charge in [-0.15, -0.1) is 0 Å². The van der Waals surface area contributed by atoms with Crippen LogP contribution in [0.4, 0.5) is 0 Å². The number of nitrogens with zero attached hydrogens (tertiary/aromatic N) is 2. The summed E-state index contributed by atoms with van der Waals surface area (Å²) in [6.07, 6.45) is 3.67. The van der Waals surface area contributed by atoms with Crippen LogP contribution in [0.25, 0.3) is 21.9 Å². The lowest BCUT2D eigenvalue weighted by Crippen LogP contribution is -1.91. The van der Waals surface area contributed by atoms with Crippen molar-refractivity contribution in [2.24, 2.45) is 0 Å². The fourth-order valence-electron chi connectivity index (χ4n) is 1.95. The number of fused-ring (bicyclic) bond motifs is 3. The summed E-state index contributed by atoms with van der Waals surface area (Å²) in [5, 5.41) is 2.29. The lowest BCUT2D eigenvalue weighted by Gasteiger charge is -2.02. The largest absolute Gasteiger partial charge is 0.339 e. The van der Waals surface area contributed by atoms with Crippen LogP contribution in [-0.2, 0) is 0 Å². The SMILES string of the molecule is CC(C)c1ccc2c(n1)[nH]c1ccncc12. The Hall–Kier alpha value is -1.90. The second kappa shape index (κ2) is 3.30. The first-order valence-electron chi connectivity index (χ1n) is 5.48. The molecule has 0 aliphatic heterocycles. The summed E-state index contributed by atoms with van der Waals surface area (Å²) in [6, 6.07) is 6.19. The number of nitrogens with one attached hydrogen (secondary N) is 1. The molecule has 0 atom stereocenters. The number of H-pyrrole nitrogens is 1. The first kappa shape index (κ1) is 9.33. The highest BCUT2D eigenvalue weighted by molar-refractivity contribution is 6.05. The summed E-state index contributed by atoms with van der Waals surface area (Å²) in [6.45, 7) is 4.30. The average molecular weight is 211 g/mol. The van der Waals surface area contributed by atoms with E-state index >= 15 is 0 Å². The van der Waals surface area contributed by atoms with Gasteiger partial charge in [-0.3, -0.25) is 4.98 Å². The van der Waals surface area contributed by atoms with Crippen molar-refractivity contribution in [1.29, 1.82) is 0 Å². The van der Waals surface area contributed by atoms with Gasteiger partial charge in [0.15, 0.2) is 0 Å². The van der Waals surface area contributed by atoms with Crippen LogP contribution in [0.1, 0.15) is 25.5 Å². The highest BCUT2D eigenvalue weighted by Crippen LogP contribution is 2.24. The molecule has 3 aromatic heterocycles. The Morgan fingerprint density at radius 3 is 2.81 bits per heavy atom. The fourth-order valence-corrected chi connectivity index (χ4v) is 1.95. The highest BCUT2D eigenvalue weighted by Gasteiger charge is 2.07. The third kappa shape index (κ3) is 1.28. The van der Waals surface area contributed by atoms with Crippen LogP contribution < -0.4 is 0 Å². The second-order valence-electron chi connectivity index (χ2n) is 4.33. The standard InChI is InChI=1S/C13H13N3/c1-8(2)11-4-3-9-10-7-14-6-5-12(10)16-13(9)15-11/h3-8H,1-2H3,(H,15,16). The molecule has 16 heavy (non-hydrogen) atoms. The molecular formula is C13H13N3. The maximum Gasteiger partial charge on any atom is 0.138 e. The average Bonchev–Trinajstić information content (AvgIpc) is 2.66. The molecule has 0 amide bonds. The van der Waals surface area contributed by atoms with E-state index in [1.807, 2.05) is 12.3 Å². The van der Waals surface area contributed by atoms with Gasteiger partial charge in [-0.05, 0) is 24.1 Å². The van der Waals surface area contributed by atoms with Crippen molar-refractivity contribution < 1.29 is 0 Å². The van der Waals surface area contributed by atoms with E-state index in [9.17, 15) is 0 Å². The monoisotopic (exact) mass is 211 g/mol. The van der Waals surface area contributed by atoms with Crippen LogP contribution in [0, 0.1) is 0 Å². The van der Waals surface area contributed by atoms with Gasteiger partial charge < -0.3 is 4.98 Å². The third-order valence-corrected chi connectivity index (χ3v) is 2.87. The Labute approximate surface area is 93.5 Å². The second-order valence-corrected chi connectivity index (χ2v) is 4.33. The van der Waals surface area contributed by atoms with Crippen LogP contribution >= 0.6 is 0 Å². The molecule has 3 heteroatoms. The van der Waals surface area contributed by atoms with Gasteiger partial charge in [0.1, 0.15) is 5.65 Å². The van der Waals surface area contributed by atoms with Crippen LogP contribution in [0.5, 0.6) is 0 Å². The zero-order valence-corrected chi connectivity index (χ0v) is 9.36. The van der Waals surface area contributed by atoms with Gasteiger partial charge in [0.05, 0.1) is 5.52 Å². The minimum atomic E-state index is 0.453. The number of aromatic nitrogens is 3. The first-order valence-corrected chi connectivity index (χ1v) is 5.48. The molecule has 0 saturated carbocycles. The van der Waals surface area contributed by atoms with E-state index in [2.05, 4.69) is 40.9 Å². The molecule has 0 fully saturated rings. The van der Waals surface area contributed by atoms with Gasteiger partial charge in [-0.1, -0.05) is 13.8 Å². The van der Waals surface area contributed by atoms with Crippen molar-refractivity contribution in [3.05, 3.63) is 36.3 Å². The van der Waals surface area contributed by atoms with Gasteiger partial charge in [-0.25, -0.2) is 4.98 Å². The number of pyridine rings is 2. The summed E-state index contributed by atoms with van der Waals surface area (Å²) in [5.74, 6) is 0.453. The van der Waals surface area contributed by atoms with Crippen molar-refractivity contribution in [2.75, 3.05) is 0 Å². The topological polar surface area (TPSA) is 41.6 Å². The van der Waals surface area contributed by atoms with E-state index in [-0.39, 0.29) is 0 Å². The summed E-state index contributed by atoms with van der Waals surface area (Å²) in [5.41, 5.74) is 3.17. The predicted molar refractivity (Wildman–Crippen MR) is 65.5 cm³/mol. The van der Waals surface area contributed by atoms with Crippen molar-refractivity contribution in [3.8, 4) is 0 Å². The van der Waals surface area contributed by atoms with E-state index in [1.165, 1.54) is 0 Å². The molecule has 3 aromatic rings. The smallest absolute Gasteiger partial charge is 0.138 e. The minimum Gasteiger partial charge on any atom is -0.339 e. The van der Waals surface area contributed by atoms with Crippen LogP contribution in [-0.4, -0.2) is 15.0 Å². The third-order valence-electron chi connectivity index (χ3n) is 2.87. The van der Waals surface area contributed by atoms with Crippen molar-refractivity contribution in [1.82, 2.24) is 15.0 Å². The maximum atomic E-state index is 4.63.